The predicted octanol–water partition coefficient (Wildman–Crippen LogP) is 1.54. The summed E-state index contributed by atoms with van der Waals surface area (Å²) in [5.41, 5.74) is 0. The molecule has 0 saturated carbocycles. The second kappa shape index (κ2) is 6.17. The highest BCUT2D eigenvalue weighted by Gasteiger charge is 2.26. The smallest absolute Gasteiger partial charge is 0.0209 e. The molecule has 3 heteroatoms. The molecule has 1 N–H and O–H groups in total. The van der Waals surface area contributed by atoms with E-state index in [1.807, 2.05) is 0 Å². The lowest BCUT2D eigenvalue weighted by Gasteiger charge is -2.28. The molecule has 0 amide bonds. The van der Waals surface area contributed by atoms with Crippen molar-refractivity contribution in [3.8, 4) is 0 Å². The highest BCUT2D eigenvalue weighted by molar-refractivity contribution is 4.85. The zero-order valence-electron chi connectivity index (χ0n) is 11.8. The van der Waals surface area contributed by atoms with Gasteiger partial charge in [-0.15, -0.1) is 0 Å². The van der Waals surface area contributed by atoms with Crippen LogP contribution < -0.4 is 5.32 Å². The van der Waals surface area contributed by atoms with Crippen LogP contribution in [0.1, 0.15) is 40.0 Å². The maximum absolute atomic E-state index is 3.66. The standard InChI is InChI=1S/C14H29N3/c1-12(2)15-14-6-9-16(11-14)10-13(3)17-7-4-5-8-17/h12-15H,4-11H2,1-3H3. The molecule has 2 aliphatic heterocycles. The fourth-order valence-electron chi connectivity index (χ4n) is 3.28. The Morgan fingerprint density at radius 2 is 1.82 bits per heavy atom. The van der Waals surface area contributed by atoms with Crippen molar-refractivity contribution in [2.45, 2.75) is 58.2 Å². The highest BCUT2D eigenvalue weighted by atomic mass is 15.2. The van der Waals surface area contributed by atoms with E-state index in [2.05, 4.69) is 35.9 Å². The summed E-state index contributed by atoms with van der Waals surface area (Å²) in [6.07, 6.45) is 4.13. The third kappa shape index (κ3) is 3.94. The summed E-state index contributed by atoms with van der Waals surface area (Å²) in [4.78, 5) is 5.30. The van der Waals surface area contributed by atoms with Crippen LogP contribution in [0.4, 0.5) is 0 Å². The van der Waals surface area contributed by atoms with Gasteiger partial charge in [-0.3, -0.25) is 4.90 Å². The average molecular weight is 239 g/mol. The molecule has 2 rings (SSSR count). The summed E-state index contributed by atoms with van der Waals surface area (Å²) in [5, 5.41) is 3.66. The van der Waals surface area contributed by atoms with Gasteiger partial charge in [0.2, 0.25) is 0 Å². The van der Waals surface area contributed by atoms with E-state index in [9.17, 15) is 0 Å². The largest absolute Gasteiger partial charge is 0.310 e. The van der Waals surface area contributed by atoms with Crippen molar-refractivity contribution in [3.63, 3.8) is 0 Å². The van der Waals surface area contributed by atoms with Crippen LogP contribution in [0.5, 0.6) is 0 Å². The van der Waals surface area contributed by atoms with E-state index in [-0.39, 0.29) is 0 Å². The fourth-order valence-corrected chi connectivity index (χ4v) is 3.28. The number of hydrogen-bond acceptors (Lipinski definition) is 3. The van der Waals surface area contributed by atoms with Crippen LogP contribution in [0.3, 0.4) is 0 Å². The second-order valence-corrected chi connectivity index (χ2v) is 6.16. The van der Waals surface area contributed by atoms with Gasteiger partial charge in [0.1, 0.15) is 0 Å². The summed E-state index contributed by atoms with van der Waals surface area (Å²) < 4.78 is 0. The van der Waals surface area contributed by atoms with E-state index >= 15 is 0 Å². The zero-order valence-corrected chi connectivity index (χ0v) is 11.8. The molecule has 0 spiro atoms. The summed E-state index contributed by atoms with van der Waals surface area (Å²) in [7, 11) is 0. The van der Waals surface area contributed by atoms with Crippen LogP contribution >= 0.6 is 0 Å². The van der Waals surface area contributed by atoms with Gasteiger partial charge in [-0.25, -0.2) is 0 Å². The van der Waals surface area contributed by atoms with Gasteiger partial charge in [-0.1, -0.05) is 13.8 Å². The number of likely N-dealkylation sites (tertiary alicyclic amines) is 2. The van der Waals surface area contributed by atoms with Crippen molar-refractivity contribution in [1.29, 1.82) is 0 Å². The van der Waals surface area contributed by atoms with Crippen molar-refractivity contribution < 1.29 is 0 Å². The van der Waals surface area contributed by atoms with Gasteiger partial charge in [0, 0.05) is 31.2 Å². The Hall–Kier alpha value is -0.120. The van der Waals surface area contributed by atoms with E-state index in [0.717, 1.165) is 12.1 Å². The van der Waals surface area contributed by atoms with E-state index in [4.69, 9.17) is 0 Å². The van der Waals surface area contributed by atoms with Gasteiger partial charge in [0.25, 0.3) is 0 Å². The highest BCUT2D eigenvalue weighted by Crippen LogP contribution is 2.15. The third-order valence-corrected chi connectivity index (χ3v) is 4.13. The normalized spacial score (nSPS) is 29.3. The summed E-state index contributed by atoms with van der Waals surface area (Å²) >= 11 is 0. The van der Waals surface area contributed by atoms with Gasteiger partial charge in [0.15, 0.2) is 0 Å². The molecule has 17 heavy (non-hydrogen) atoms. The van der Waals surface area contributed by atoms with Crippen molar-refractivity contribution in [3.05, 3.63) is 0 Å². The molecule has 2 aliphatic rings. The van der Waals surface area contributed by atoms with Crippen LogP contribution in [-0.4, -0.2) is 60.6 Å². The Bertz CT molecular complexity index is 224. The first kappa shape index (κ1) is 13.3. The SMILES string of the molecule is CC(C)NC1CCN(CC(C)N2CCCC2)C1. The maximum atomic E-state index is 3.66. The lowest BCUT2D eigenvalue weighted by molar-refractivity contribution is 0.189. The predicted molar refractivity (Wildman–Crippen MR) is 73.4 cm³/mol. The van der Waals surface area contributed by atoms with Gasteiger partial charge in [-0.2, -0.15) is 0 Å². The number of nitrogens with zero attached hydrogens (tertiary/aromatic N) is 2. The Balaban J connectivity index is 1.69. The van der Waals surface area contributed by atoms with Crippen LogP contribution in [0.25, 0.3) is 0 Å². The molecule has 0 bridgehead atoms. The number of hydrogen-bond donors (Lipinski definition) is 1. The summed E-state index contributed by atoms with van der Waals surface area (Å²) in [6, 6.07) is 2.09. The average Bonchev–Trinajstić information content (AvgIpc) is 2.87. The van der Waals surface area contributed by atoms with Crippen LogP contribution in [0.15, 0.2) is 0 Å². The lowest BCUT2D eigenvalue weighted by Crippen LogP contribution is -2.42. The molecule has 2 fully saturated rings. The summed E-state index contributed by atoms with van der Waals surface area (Å²) in [5.74, 6) is 0. The Morgan fingerprint density at radius 3 is 2.47 bits per heavy atom. The minimum Gasteiger partial charge on any atom is -0.310 e. The van der Waals surface area contributed by atoms with Gasteiger partial charge in [0.05, 0.1) is 0 Å². The minimum atomic E-state index is 0.621. The van der Waals surface area contributed by atoms with Crippen LogP contribution in [-0.2, 0) is 0 Å². The molecule has 2 heterocycles. The van der Waals surface area contributed by atoms with E-state index in [1.165, 1.54) is 52.0 Å². The topological polar surface area (TPSA) is 18.5 Å². The number of nitrogens with one attached hydrogen (secondary N) is 1. The first-order chi connectivity index (χ1) is 8.15. The molecule has 2 unspecified atom stereocenters. The first-order valence-corrected chi connectivity index (χ1v) is 7.37. The Morgan fingerprint density at radius 1 is 1.12 bits per heavy atom. The molecule has 0 aliphatic carbocycles. The monoisotopic (exact) mass is 239 g/mol. The number of rotatable bonds is 5. The van der Waals surface area contributed by atoms with E-state index in [1.54, 1.807) is 0 Å². The molecule has 0 aromatic carbocycles. The molecule has 0 radical (unpaired) electrons. The molecule has 0 aromatic rings. The van der Waals surface area contributed by atoms with Gasteiger partial charge < -0.3 is 10.2 Å². The van der Waals surface area contributed by atoms with Crippen molar-refractivity contribution in [2.75, 3.05) is 32.7 Å². The van der Waals surface area contributed by atoms with Crippen molar-refractivity contribution in [2.24, 2.45) is 0 Å². The quantitative estimate of drug-likeness (QED) is 0.785. The Labute approximate surface area is 107 Å². The molecule has 2 atom stereocenters. The summed E-state index contributed by atoms with van der Waals surface area (Å²) in [6.45, 7) is 13.3. The fraction of sp³-hybridized carbons (Fsp3) is 1.00. The van der Waals surface area contributed by atoms with Crippen molar-refractivity contribution >= 4 is 0 Å². The van der Waals surface area contributed by atoms with E-state index in [0.29, 0.717) is 6.04 Å². The van der Waals surface area contributed by atoms with Gasteiger partial charge in [-0.05, 0) is 45.8 Å². The zero-order chi connectivity index (χ0) is 12.3. The van der Waals surface area contributed by atoms with Crippen LogP contribution in [0.2, 0.25) is 0 Å². The first-order valence-electron chi connectivity index (χ1n) is 7.37. The maximum Gasteiger partial charge on any atom is 0.0209 e. The molecule has 0 aromatic heterocycles. The van der Waals surface area contributed by atoms with Crippen LogP contribution in [0, 0.1) is 0 Å². The third-order valence-electron chi connectivity index (χ3n) is 4.13. The molecular formula is C14H29N3. The lowest BCUT2D eigenvalue weighted by atomic mass is 10.2. The van der Waals surface area contributed by atoms with E-state index < -0.39 is 0 Å². The molecular weight excluding hydrogens is 210 g/mol. The molecule has 3 nitrogen and oxygen atoms in total. The molecule has 100 valence electrons. The van der Waals surface area contributed by atoms with Crippen molar-refractivity contribution in [1.82, 2.24) is 15.1 Å². The Kier molecular flexibility index (Phi) is 4.83. The molecule has 2 saturated heterocycles. The minimum absolute atomic E-state index is 0.621. The van der Waals surface area contributed by atoms with Gasteiger partial charge >= 0.3 is 0 Å². The second-order valence-electron chi connectivity index (χ2n) is 6.16.